The molecule has 176 valence electrons. The normalized spacial score (nSPS) is 13.2. The number of aliphatic carboxylic acids is 1. The van der Waals surface area contributed by atoms with Gasteiger partial charge >= 0.3 is 0 Å². The summed E-state index contributed by atoms with van der Waals surface area (Å²) in [5.41, 5.74) is -0.229. The number of unbranched alkanes of at least 4 members (excludes halogenated alkanes) is 14. The van der Waals surface area contributed by atoms with E-state index in [4.69, 9.17) is 0 Å². The lowest BCUT2D eigenvalue weighted by Gasteiger charge is -2.44. The van der Waals surface area contributed by atoms with Gasteiger partial charge in [0.05, 0.1) is 27.1 Å². The monoisotopic (exact) mass is 432 g/mol. The Balaban J connectivity index is 0. The van der Waals surface area contributed by atoms with Crippen LogP contribution in [0.5, 0.6) is 0 Å². The van der Waals surface area contributed by atoms with E-state index in [2.05, 4.69) is 20.8 Å². The molecule has 0 N–H and O–H groups in total. The minimum absolute atomic E-state index is 0. The van der Waals surface area contributed by atoms with E-state index in [9.17, 15) is 9.90 Å². The Kier molecular flexibility index (Phi) is 18.6. The van der Waals surface area contributed by atoms with Gasteiger partial charge in [-0.2, -0.15) is 0 Å². The van der Waals surface area contributed by atoms with Crippen molar-refractivity contribution in [3.8, 4) is 0 Å². The molecule has 0 saturated carbocycles. The second-order valence-electron chi connectivity index (χ2n) is 10.5. The van der Waals surface area contributed by atoms with Crippen molar-refractivity contribution in [2.75, 3.05) is 21.1 Å². The minimum atomic E-state index is -0.918. The van der Waals surface area contributed by atoms with E-state index in [0.717, 1.165) is 12.8 Å². The van der Waals surface area contributed by atoms with Crippen LogP contribution in [0.3, 0.4) is 0 Å². The number of carboxylic acids is 1. The molecule has 3 nitrogen and oxygen atoms in total. The fourth-order valence-electron chi connectivity index (χ4n) is 4.77. The molecule has 0 radical (unpaired) electrons. The van der Waals surface area contributed by atoms with Crippen LogP contribution in [0.15, 0.2) is 0 Å². The average Bonchev–Trinajstić information content (AvgIpc) is 2.56. The van der Waals surface area contributed by atoms with Crippen molar-refractivity contribution in [1.82, 2.24) is 0 Å². The van der Waals surface area contributed by atoms with Crippen LogP contribution in [-0.4, -0.2) is 37.6 Å². The number of quaternary nitrogens is 1. The summed E-state index contributed by atoms with van der Waals surface area (Å²) < 4.78 is 0.425. The van der Waals surface area contributed by atoms with E-state index in [1.165, 1.54) is 89.9 Å². The maximum absolute atomic E-state index is 11.6. The van der Waals surface area contributed by atoms with Crippen molar-refractivity contribution in [3.05, 3.63) is 0 Å². The topological polar surface area (TPSA) is 40.1 Å². The van der Waals surface area contributed by atoms with Crippen molar-refractivity contribution < 1.29 is 26.8 Å². The van der Waals surface area contributed by atoms with Gasteiger partial charge in [-0.3, -0.25) is 0 Å². The van der Waals surface area contributed by atoms with E-state index in [1.807, 2.05) is 21.1 Å². The van der Waals surface area contributed by atoms with Crippen molar-refractivity contribution in [2.24, 2.45) is 5.41 Å². The SMILES string of the molecule is CCCCCCCCCCCCCCCCCC(C)(C)C(C(=O)[O-])[N+](C)(C)C.[Cl-]. The Bertz CT molecular complexity index is 391. The van der Waals surface area contributed by atoms with Crippen LogP contribution in [0, 0.1) is 5.41 Å². The highest BCUT2D eigenvalue weighted by molar-refractivity contribution is 5.70. The van der Waals surface area contributed by atoms with Gasteiger partial charge in [0.15, 0.2) is 0 Å². The number of likely N-dealkylation sites (N-methyl/N-ethyl adjacent to an activating group) is 1. The maximum atomic E-state index is 11.6. The number of hydrogen-bond donors (Lipinski definition) is 0. The van der Waals surface area contributed by atoms with Crippen LogP contribution >= 0.6 is 0 Å². The Hall–Kier alpha value is -0.280. The fourth-order valence-corrected chi connectivity index (χ4v) is 4.77. The van der Waals surface area contributed by atoms with E-state index in [0.29, 0.717) is 4.48 Å². The summed E-state index contributed by atoms with van der Waals surface area (Å²) in [7, 11) is 5.86. The molecule has 0 spiro atoms. The zero-order chi connectivity index (χ0) is 21.5. The molecule has 29 heavy (non-hydrogen) atoms. The molecule has 1 unspecified atom stereocenters. The highest BCUT2D eigenvalue weighted by Crippen LogP contribution is 2.33. The summed E-state index contributed by atoms with van der Waals surface area (Å²) in [5.74, 6) is -0.918. The lowest BCUT2D eigenvalue weighted by molar-refractivity contribution is -0.896. The summed E-state index contributed by atoms with van der Waals surface area (Å²) in [6.07, 6.45) is 21.4. The third-order valence-electron chi connectivity index (χ3n) is 6.16. The van der Waals surface area contributed by atoms with E-state index in [-0.39, 0.29) is 17.8 Å². The molecular formula is C25H51ClNO2-. The molecule has 0 rings (SSSR count). The molecule has 0 bridgehead atoms. The first kappa shape index (κ1) is 30.9. The number of carbonyl (C=O) groups is 1. The van der Waals surface area contributed by atoms with Crippen LogP contribution < -0.4 is 17.5 Å². The van der Waals surface area contributed by atoms with Gasteiger partial charge in [-0.15, -0.1) is 0 Å². The first-order chi connectivity index (χ1) is 13.1. The van der Waals surface area contributed by atoms with Crippen molar-refractivity contribution in [1.29, 1.82) is 0 Å². The highest BCUT2D eigenvalue weighted by Gasteiger charge is 2.39. The summed E-state index contributed by atoms with van der Waals surface area (Å²) in [6, 6.07) is -0.459. The largest absolute Gasteiger partial charge is 1.00 e. The molecular weight excluding hydrogens is 382 g/mol. The van der Waals surface area contributed by atoms with Crippen LogP contribution in [0.25, 0.3) is 0 Å². The second kappa shape index (κ2) is 17.4. The maximum Gasteiger partial charge on any atom is 0.134 e. The van der Waals surface area contributed by atoms with Gasteiger partial charge in [0.2, 0.25) is 0 Å². The van der Waals surface area contributed by atoms with Gasteiger partial charge in [0.25, 0.3) is 0 Å². The molecule has 0 aliphatic heterocycles. The molecule has 0 amide bonds. The Morgan fingerprint density at radius 3 is 1.31 bits per heavy atom. The van der Waals surface area contributed by atoms with Crippen LogP contribution in [0.1, 0.15) is 124 Å². The zero-order valence-corrected chi connectivity index (χ0v) is 21.3. The molecule has 4 heteroatoms. The summed E-state index contributed by atoms with van der Waals surface area (Å²) in [6.45, 7) is 6.45. The number of carbonyl (C=O) groups excluding carboxylic acids is 1. The Morgan fingerprint density at radius 1 is 0.724 bits per heavy atom. The average molecular weight is 433 g/mol. The third-order valence-corrected chi connectivity index (χ3v) is 6.16. The first-order valence-electron chi connectivity index (χ1n) is 12.1. The molecule has 0 aromatic carbocycles. The molecule has 0 aliphatic carbocycles. The van der Waals surface area contributed by atoms with Crippen LogP contribution in [-0.2, 0) is 4.79 Å². The van der Waals surface area contributed by atoms with Crippen LogP contribution in [0.4, 0.5) is 0 Å². The number of rotatable bonds is 19. The van der Waals surface area contributed by atoms with Crippen molar-refractivity contribution in [3.63, 3.8) is 0 Å². The number of hydrogen-bond acceptors (Lipinski definition) is 2. The lowest BCUT2D eigenvalue weighted by atomic mass is 9.78. The van der Waals surface area contributed by atoms with Gasteiger partial charge in [-0.25, -0.2) is 0 Å². The van der Waals surface area contributed by atoms with Crippen molar-refractivity contribution in [2.45, 2.75) is 130 Å². The fraction of sp³-hybridized carbons (Fsp3) is 0.960. The van der Waals surface area contributed by atoms with Crippen LogP contribution in [0.2, 0.25) is 0 Å². The number of nitrogens with zero attached hydrogens (tertiary/aromatic N) is 1. The van der Waals surface area contributed by atoms with Gasteiger partial charge in [0, 0.05) is 5.41 Å². The molecule has 0 aromatic rings. The van der Waals surface area contributed by atoms with Crippen molar-refractivity contribution >= 4 is 5.97 Å². The van der Waals surface area contributed by atoms with Gasteiger partial charge < -0.3 is 26.8 Å². The molecule has 1 atom stereocenters. The number of halogens is 1. The summed E-state index contributed by atoms with van der Waals surface area (Å²) in [4.78, 5) is 11.6. The molecule has 0 aliphatic rings. The third kappa shape index (κ3) is 16.1. The molecule has 0 fully saturated rings. The Labute approximate surface area is 189 Å². The minimum Gasteiger partial charge on any atom is -1.00 e. The quantitative estimate of drug-likeness (QED) is 0.232. The van der Waals surface area contributed by atoms with E-state index in [1.54, 1.807) is 0 Å². The van der Waals surface area contributed by atoms with Gasteiger partial charge in [-0.1, -0.05) is 117 Å². The standard InChI is InChI=1S/C25H51NO2.ClH/c1-7-8-9-10-11-12-13-14-15-16-17-18-19-20-21-22-25(2,3)23(24(27)28)26(4,5)6;/h23H,7-22H2,1-6H3;1H/p-1. The van der Waals surface area contributed by atoms with E-state index >= 15 is 0 Å². The number of carboxylic acid groups (broad SMARTS) is 1. The molecule has 0 heterocycles. The first-order valence-corrected chi connectivity index (χ1v) is 12.1. The van der Waals surface area contributed by atoms with Gasteiger partial charge in [0.1, 0.15) is 6.04 Å². The smallest absolute Gasteiger partial charge is 0.134 e. The second-order valence-corrected chi connectivity index (χ2v) is 10.5. The summed E-state index contributed by atoms with van der Waals surface area (Å²) >= 11 is 0. The lowest BCUT2D eigenvalue weighted by Crippen LogP contribution is -3.00. The zero-order valence-electron chi connectivity index (χ0n) is 20.5. The Morgan fingerprint density at radius 2 is 1.03 bits per heavy atom. The summed E-state index contributed by atoms with van der Waals surface area (Å²) in [5, 5.41) is 11.6. The van der Waals surface area contributed by atoms with Gasteiger partial charge in [-0.05, 0) is 6.42 Å². The molecule has 0 saturated heterocycles. The molecule has 0 aromatic heterocycles. The van der Waals surface area contributed by atoms with E-state index < -0.39 is 12.0 Å². The predicted molar refractivity (Wildman–Crippen MR) is 120 cm³/mol. The predicted octanol–water partition coefficient (Wildman–Crippen LogP) is 3.10. The highest BCUT2D eigenvalue weighted by atomic mass is 35.5.